The van der Waals surface area contributed by atoms with Crippen LogP contribution in [0.25, 0.3) is 10.2 Å². The molecular weight excluding hydrogens is 341 g/mol. The normalized spacial score (nSPS) is 12.9. The van der Waals surface area contributed by atoms with Crippen molar-refractivity contribution in [3.8, 4) is 0 Å². The average Bonchev–Trinajstić information content (AvgIpc) is 2.89. The Morgan fingerprint density at radius 1 is 1.36 bits per heavy atom. The van der Waals surface area contributed by atoms with Gasteiger partial charge in [0.1, 0.15) is 5.01 Å². The van der Waals surface area contributed by atoms with Crippen LogP contribution in [0.2, 0.25) is 0 Å². The number of nitrogens with zero attached hydrogens (tertiary/aromatic N) is 2. The summed E-state index contributed by atoms with van der Waals surface area (Å²) in [4.78, 5) is 18.6. The number of fused-ring (bicyclic) bond motifs is 1. The second kappa shape index (κ2) is 9.30. The molecule has 0 aliphatic heterocycles. The van der Waals surface area contributed by atoms with Crippen molar-refractivity contribution in [3.05, 3.63) is 29.3 Å². The molecule has 1 aromatic carbocycles. The lowest BCUT2D eigenvalue weighted by Gasteiger charge is -2.26. The Morgan fingerprint density at radius 3 is 2.59 bits per heavy atom. The fourth-order valence-electron chi connectivity index (χ4n) is 2.12. The number of halogens is 2. The summed E-state index contributed by atoms with van der Waals surface area (Å²) in [6.07, 6.45) is 1.63. The number of hydrogen-bond donors (Lipinski definition) is 1. The van der Waals surface area contributed by atoms with Gasteiger partial charge in [-0.15, -0.1) is 36.2 Å². The van der Waals surface area contributed by atoms with Crippen LogP contribution in [0.15, 0.2) is 24.3 Å². The zero-order valence-corrected chi connectivity index (χ0v) is 15.4. The highest BCUT2D eigenvalue weighted by Gasteiger charge is 2.24. The molecule has 2 N–H and O–H groups in total. The van der Waals surface area contributed by atoms with Gasteiger partial charge in [0.25, 0.3) is 0 Å². The number of aromatic nitrogens is 1. The first kappa shape index (κ1) is 21.1. The molecule has 1 amide bonds. The monoisotopic (exact) mass is 363 g/mol. The number of hydrogen-bond acceptors (Lipinski definition) is 4. The van der Waals surface area contributed by atoms with Crippen LogP contribution in [0.3, 0.4) is 0 Å². The molecule has 2 rings (SSSR count). The van der Waals surface area contributed by atoms with Gasteiger partial charge in [-0.1, -0.05) is 25.5 Å². The lowest BCUT2D eigenvalue weighted by atomic mass is 10.1. The Bertz CT molecular complexity index is 572. The number of para-hydroxylation sites is 1. The van der Waals surface area contributed by atoms with E-state index < -0.39 is 6.04 Å². The highest BCUT2D eigenvalue weighted by molar-refractivity contribution is 7.18. The summed E-state index contributed by atoms with van der Waals surface area (Å²) < 4.78 is 1.15. The highest BCUT2D eigenvalue weighted by Crippen LogP contribution is 2.29. The zero-order chi connectivity index (χ0) is 14.7. The molecule has 2 aromatic rings. The van der Waals surface area contributed by atoms with Crippen molar-refractivity contribution >= 4 is 52.3 Å². The molecule has 4 nitrogen and oxygen atoms in total. The third-order valence-electron chi connectivity index (χ3n) is 3.51. The molecule has 0 saturated carbocycles. The lowest BCUT2D eigenvalue weighted by Crippen LogP contribution is -2.42. The number of benzene rings is 1. The Labute approximate surface area is 147 Å². The number of amides is 1. The van der Waals surface area contributed by atoms with Crippen LogP contribution in [-0.4, -0.2) is 28.9 Å². The summed E-state index contributed by atoms with van der Waals surface area (Å²) in [5, 5.41) is 0.950. The topological polar surface area (TPSA) is 59.2 Å². The summed E-state index contributed by atoms with van der Waals surface area (Å²) in [7, 11) is 1.80. The van der Waals surface area contributed by atoms with Gasteiger partial charge in [0, 0.05) is 7.05 Å². The highest BCUT2D eigenvalue weighted by atomic mass is 35.5. The molecule has 1 heterocycles. The van der Waals surface area contributed by atoms with Crippen molar-refractivity contribution in [2.45, 2.75) is 38.8 Å². The van der Waals surface area contributed by atoms with Crippen LogP contribution in [-0.2, 0) is 4.79 Å². The molecule has 0 fully saturated rings. The van der Waals surface area contributed by atoms with Gasteiger partial charge >= 0.3 is 0 Å². The maximum absolute atomic E-state index is 12.2. The molecule has 2 unspecified atom stereocenters. The van der Waals surface area contributed by atoms with Crippen LogP contribution < -0.4 is 5.73 Å². The summed E-state index contributed by atoms with van der Waals surface area (Å²) in [5.41, 5.74) is 6.90. The van der Waals surface area contributed by atoms with Crippen molar-refractivity contribution in [2.24, 2.45) is 5.73 Å². The van der Waals surface area contributed by atoms with Gasteiger partial charge in [-0.2, -0.15) is 0 Å². The fourth-order valence-corrected chi connectivity index (χ4v) is 3.18. The van der Waals surface area contributed by atoms with E-state index in [1.807, 2.05) is 38.1 Å². The van der Waals surface area contributed by atoms with Crippen molar-refractivity contribution in [3.63, 3.8) is 0 Å². The van der Waals surface area contributed by atoms with Crippen LogP contribution >= 0.6 is 36.2 Å². The minimum atomic E-state index is -0.415. The summed E-state index contributed by atoms with van der Waals surface area (Å²) in [5.74, 6) is -0.0152. The molecule has 22 heavy (non-hydrogen) atoms. The molecule has 7 heteroatoms. The van der Waals surface area contributed by atoms with Crippen molar-refractivity contribution in [1.82, 2.24) is 9.88 Å². The van der Waals surface area contributed by atoms with E-state index in [2.05, 4.69) is 4.98 Å². The molecular formula is C15H23Cl2N3OS. The number of rotatable bonds is 5. The first-order chi connectivity index (χ1) is 9.54. The second-order valence-electron chi connectivity index (χ2n) is 5.04. The van der Waals surface area contributed by atoms with E-state index in [9.17, 15) is 4.79 Å². The predicted octanol–water partition coefficient (Wildman–Crippen LogP) is 3.79. The molecule has 0 saturated heterocycles. The van der Waals surface area contributed by atoms with Gasteiger partial charge in [0.2, 0.25) is 5.91 Å². The molecule has 124 valence electrons. The molecule has 2 atom stereocenters. The Balaban J connectivity index is 0.00000220. The first-order valence-corrected chi connectivity index (χ1v) is 7.74. The van der Waals surface area contributed by atoms with Crippen molar-refractivity contribution in [2.75, 3.05) is 7.05 Å². The lowest BCUT2D eigenvalue weighted by molar-refractivity contribution is -0.133. The van der Waals surface area contributed by atoms with E-state index >= 15 is 0 Å². The fraction of sp³-hybridized carbons (Fsp3) is 0.467. The van der Waals surface area contributed by atoms with E-state index in [0.717, 1.165) is 28.1 Å². The van der Waals surface area contributed by atoms with Crippen molar-refractivity contribution < 1.29 is 4.79 Å². The number of nitrogens with two attached hydrogens (primary N) is 1. The van der Waals surface area contributed by atoms with Gasteiger partial charge in [-0.3, -0.25) is 4.79 Å². The Kier molecular flexibility index (Phi) is 8.93. The van der Waals surface area contributed by atoms with Gasteiger partial charge in [0.05, 0.1) is 22.3 Å². The van der Waals surface area contributed by atoms with Crippen LogP contribution in [0.4, 0.5) is 0 Å². The number of thiazole rings is 1. The maximum Gasteiger partial charge on any atom is 0.239 e. The van der Waals surface area contributed by atoms with Gasteiger partial charge in [0.15, 0.2) is 0 Å². The van der Waals surface area contributed by atoms with Gasteiger partial charge in [-0.05, 0) is 25.5 Å². The standard InChI is InChI=1S/C15H21N3OS.2ClH/c1-4-7-11(16)15(19)18(3)10(2)14-17-12-8-5-6-9-13(12)20-14;;/h5-6,8-11H,4,7,16H2,1-3H3;2*1H. The van der Waals surface area contributed by atoms with Crippen molar-refractivity contribution in [1.29, 1.82) is 0 Å². The number of carbonyl (C=O) groups is 1. The summed E-state index contributed by atoms with van der Waals surface area (Å²) in [6, 6.07) is 7.55. The molecule has 0 radical (unpaired) electrons. The number of carbonyl (C=O) groups excluding carboxylic acids is 1. The molecule has 1 aromatic heterocycles. The first-order valence-electron chi connectivity index (χ1n) is 6.92. The molecule has 0 bridgehead atoms. The van der Waals surface area contributed by atoms with Gasteiger partial charge < -0.3 is 10.6 Å². The van der Waals surface area contributed by atoms with E-state index in [4.69, 9.17) is 5.73 Å². The zero-order valence-electron chi connectivity index (χ0n) is 13.0. The SMILES string of the molecule is CCCC(N)C(=O)N(C)C(C)c1nc2ccccc2s1.Cl.Cl. The van der Waals surface area contributed by atoms with E-state index in [1.54, 1.807) is 23.3 Å². The smallest absolute Gasteiger partial charge is 0.239 e. The molecule has 0 aliphatic carbocycles. The molecule has 0 spiro atoms. The minimum Gasteiger partial charge on any atom is -0.335 e. The summed E-state index contributed by atoms with van der Waals surface area (Å²) >= 11 is 1.63. The van der Waals surface area contributed by atoms with Crippen LogP contribution in [0, 0.1) is 0 Å². The Hall–Kier alpha value is -0.880. The Morgan fingerprint density at radius 2 is 2.00 bits per heavy atom. The average molecular weight is 364 g/mol. The van der Waals surface area contributed by atoms with Crippen LogP contribution in [0.1, 0.15) is 37.7 Å². The van der Waals surface area contributed by atoms with E-state index in [0.29, 0.717) is 0 Å². The largest absolute Gasteiger partial charge is 0.335 e. The third-order valence-corrected chi connectivity index (χ3v) is 4.72. The predicted molar refractivity (Wildman–Crippen MR) is 98.2 cm³/mol. The number of likely N-dealkylation sites (N-methyl/N-ethyl adjacent to an activating group) is 1. The quantitative estimate of drug-likeness (QED) is 0.878. The van der Waals surface area contributed by atoms with Crippen LogP contribution in [0.5, 0.6) is 0 Å². The van der Waals surface area contributed by atoms with Gasteiger partial charge in [-0.25, -0.2) is 4.98 Å². The molecule has 0 aliphatic rings. The van der Waals surface area contributed by atoms with E-state index in [1.165, 1.54) is 0 Å². The second-order valence-corrected chi connectivity index (χ2v) is 6.10. The third kappa shape index (κ3) is 4.56. The van der Waals surface area contributed by atoms with E-state index in [-0.39, 0.29) is 36.8 Å². The minimum absolute atomic E-state index is 0. The maximum atomic E-state index is 12.2. The summed E-state index contributed by atoms with van der Waals surface area (Å²) in [6.45, 7) is 4.03.